The third kappa shape index (κ3) is 2.76. The smallest absolute Gasteiger partial charge is 0.251 e. The van der Waals surface area contributed by atoms with Crippen LogP contribution in [0.5, 0.6) is 5.75 Å². The molecule has 24 heavy (non-hydrogen) atoms. The first-order chi connectivity index (χ1) is 11.8. The van der Waals surface area contributed by atoms with Crippen LogP contribution in [0.2, 0.25) is 0 Å². The molecule has 0 aliphatic carbocycles. The Kier molecular flexibility index (Phi) is 3.75. The Labute approximate surface area is 139 Å². The second-order valence-electron chi connectivity index (χ2n) is 5.76. The Morgan fingerprint density at radius 1 is 1.21 bits per heavy atom. The number of hydrogen-bond acceptors (Lipinski definition) is 3. The highest BCUT2D eigenvalue weighted by Crippen LogP contribution is 2.32. The van der Waals surface area contributed by atoms with Crippen molar-refractivity contribution in [3.8, 4) is 11.4 Å². The van der Waals surface area contributed by atoms with Gasteiger partial charge in [0, 0.05) is 36.0 Å². The quantitative estimate of drug-likeness (QED) is 0.804. The average Bonchev–Trinajstić information content (AvgIpc) is 3.30. The molecule has 0 saturated carbocycles. The van der Waals surface area contributed by atoms with Gasteiger partial charge in [-0.25, -0.2) is 4.68 Å². The van der Waals surface area contributed by atoms with Crippen LogP contribution in [0.25, 0.3) is 5.69 Å². The zero-order chi connectivity index (χ0) is 16.4. The van der Waals surface area contributed by atoms with Gasteiger partial charge in [0.1, 0.15) is 5.75 Å². The minimum Gasteiger partial charge on any atom is -0.493 e. The van der Waals surface area contributed by atoms with Crippen molar-refractivity contribution in [2.45, 2.75) is 5.92 Å². The first-order valence-corrected chi connectivity index (χ1v) is 7.91. The highest BCUT2D eigenvalue weighted by atomic mass is 16.5. The number of ether oxygens (including phenoxy) is 1. The number of benzene rings is 2. The van der Waals surface area contributed by atoms with E-state index in [1.54, 1.807) is 16.9 Å². The molecule has 1 aliphatic rings. The van der Waals surface area contributed by atoms with E-state index >= 15 is 0 Å². The SMILES string of the molecule is O=C(NCC1COc2ccccc21)c1cccc(-n2cccn2)c1. The van der Waals surface area contributed by atoms with Gasteiger partial charge in [0.15, 0.2) is 0 Å². The average molecular weight is 319 g/mol. The van der Waals surface area contributed by atoms with Crippen molar-refractivity contribution in [3.63, 3.8) is 0 Å². The third-order valence-corrected chi connectivity index (χ3v) is 4.19. The Bertz CT molecular complexity index is 859. The van der Waals surface area contributed by atoms with E-state index in [4.69, 9.17) is 4.74 Å². The number of fused-ring (bicyclic) bond motifs is 1. The summed E-state index contributed by atoms with van der Waals surface area (Å²) in [5.41, 5.74) is 2.64. The van der Waals surface area contributed by atoms with Gasteiger partial charge < -0.3 is 10.1 Å². The third-order valence-electron chi connectivity index (χ3n) is 4.19. The molecule has 5 nitrogen and oxygen atoms in total. The first kappa shape index (κ1) is 14.5. The van der Waals surface area contributed by atoms with Gasteiger partial charge in [0.2, 0.25) is 0 Å². The molecular formula is C19H17N3O2. The molecule has 5 heteroatoms. The Morgan fingerprint density at radius 2 is 2.12 bits per heavy atom. The van der Waals surface area contributed by atoms with Gasteiger partial charge in [-0.2, -0.15) is 5.10 Å². The minimum absolute atomic E-state index is 0.0895. The number of amides is 1. The lowest BCUT2D eigenvalue weighted by molar-refractivity contribution is 0.0950. The molecule has 0 spiro atoms. The lowest BCUT2D eigenvalue weighted by Crippen LogP contribution is -2.29. The standard InChI is InChI=1S/C19H17N3O2/c23-19(14-5-3-6-16(11-14)22-10-4-9-21-22)20-12-15-13-24-18-8-2-1-7-17(15)18/h1-11,15H,12-13H2,(H,20,23). The van der Waals surface area contributed by atoms with Crippen LogP contribution >= 0.6 is 0 Å². The molecule has 0 fully saturated rings. The number of aromatic nitrogens is 2. The number of rotatable bonds is 4. The maximum Gasteiger partial charge on any atom is 0.251 e. The molecule has 3 aromatic rings. The Morgan fingerprint density at radius 3 is 3.00 bits per heavy atom. The molecule has 2 heterocycles. The van der Waals surface area contributed by atoms with E-state index in [0.29, 0.717) is 18.7 Å². The van der Waals surface area contributed by atoms with Crippen molar-refractivity contribution in [3.05, 3.63) is 78.1 Å². The van der Waals surface area contributed by atoms with Crippen LogP contribution in [0.15, 0.2) is 67.0 Å². The van der Waals surface area contributed by atoms with E-state index in [0.717, 1.165) is 17.0 Å². The predicted molar refractivity (Wildman–Crippen MR) is 90.6 cm³/mol. The number of carbonyl (C=O) groups is 1. The molecule has 1 aliphatic heterocycles. The number of para-hydroxylation sites is 1. The molecule has 4 rings (SSSR count). The lowest BCUT2D eigenvalue weighted by Gasteiger charge is -2.11. The zero-order valence-electron chi connectivity index (χ0n) is 13.1. The molecule has 0 saturated heterocycles. The van der Waals surface area contributed by atoms with E-state index in [1.165, 1.54) is 0 Å². The highest BCUT2D eigenvalue weighted by Gasteiger charge is 2.24. The largest absolute Gasteiger partial charge is 0.493 e. The molecule has 1 N–H and O–H groups in total. The van der Waals surface area contributed by atoms with E-state index in [9.17, 15) is 4.79 Å². The second kappa shape index (κ2) is 6.20. The van der Waals surface area contributed by atoms with Crippen LogP contribution < -0.4 is 10.1 Å². The number of nitrogens with one attached hydrogen (secondary N) is 1. The summed E-state index contributed by atoms with van der Waals surface area (Å²) >= 11 is 0. The second-order valence-corrected chi connectivity index (χ2v) is 5.76. The van der Waals surface area contributed by atoms with Gasteiger partial charge in [-0.05, 0) is 30.3 Å². The molecule has 1 unspecified atom stereocenters. The van der Waals surface area contributed by atoms with Crippen molar-refractivity contribution in [1.82, 2.24) is 15.1 Å². The molecule has 1 atom stereocenters. The highest BCUT2D eigenvalue weighted by molar-refractivity contribution is 5.94. The summed E-state index contributed by atoms with van der Waals surface area (Å²) in [5.74, 6) is 1.02. The molecule has 2 aromatic carbocycles. The molecule has 0 bridgehead atoms. The topological polar surface area (TPSA) is 56.1 Å². The van der Waals surface area contributed by atoms with Crippen LogP contribution in [0.4, 0.5) is 0 Å². The van der Waals surface area contributed by atoms with Crippen molar-refractivity contribution in [2.24, 2.45) is 0 Å². The van der Waals surface area contributed by atoms with Gasteiger partial charge in [-0.1, -0.05) is 24.3 Å². The predicted octanol–water partition coefficient (Wildman–Crippen LogP) is 2.78. The van der Waals surface area contributed by atoms with Gasteiger partial charge in [-0.3, -0.25) is 4.79 Å². The van der Waals surface area contributed by atoms with Gasteiger partial charge in [0.25, 0.3) is 5.91 Å². The van der Waals surface area contributed by atoms with E-state index in [1.807, 2.05) is 48.7 Å². The Balaban J connectivity index is 1.45. The van der Waals surface area contributed by atoms with Crippen molar-refractivity contribution in [1.29, 1.82) is 0 Å². The van der Waals surface area contributed by atoms with E-state index in [2.05, 4.69) is 16.5 Å². The summed E-state index contributed by atoms with van der Waals surface area (Å²) in [5, 5.41) is 7.20. The molecular weight excluding hydrogens is 302 g/mol. The maximum absolute atomic E-state index is 12.5. The van der Waals surface area contributed by atoms with Crippen molar-refractivity contribution in [2.75, 3.05) is 13.2 Å². The fraction of sp³-hybridized carbons (Fsp3) is 0.158. The van der Waals surface area contributed by atoms with Crippen LogP contribution in [-0.2, 0) is 0 Å². The summed E-state index contributed by atoms with van der Waals surface area (Å²) in [4.78, 5) is 12.5. The number of hydrogen-bond donors (Lipinski definition) is 1. The molecule has 120 valence electrons. The number of carbonyl (C=O) groups excluding carboxylic acids is 1. The summed E-state index contributed by atoms with van der Waals surface area (Å²) in [6.07, 6.45) is 3.56. The first-order valence-electron chi connectivity index (χ1n) is 7.91. The van der Waals surface area contributed by atoms with Crippen LogP contribution in [0.3, 0.4) is 0 Å². The van der Waals surface area contributed by atoms with E-state index in [-0.39, 0.29) is 11.8 Å². The van der Waals surface area contributed by atoms with Crippen molar-refractivity contribution < 1.29 is 9.53 Å². The maximum atomic E-state index is 12.5. The molecule has 1 amide bonds. The lowest BCUT2D eigenvalue weighted by atomic mass is 10.0. The minimum atomic E-state index is -0.0895. The van der Waals surface area contributed by atoms with Gasteiger partial charge in [0.05, 0.1) is 12.3 Å². The van der Waals surface area contributed by atoms with E-state index < -0.39 is 0 Å². The van der Waals surface area contributed by atoms with Gasteiger partial charge in [-0.15, -0.1) is 0 Å². The molecule has 0 radical (unpaired) electrons. The summed E-state index contributed by atoms with van der Waals surface area (Å²) in [7, 11) is 0. The fourth-order valence-electron chi connectivity index (χ4n) is 2.93. The molecule has 1 aromatic heterocycles. The zero-order valence-corrected chi connectivity index (χ0v) is 13.1. The fourth-order valence-corrected chi connectivity index (χ4v) is 2.93. The van der Waals surface area contributed by atoms with Crippen molar-refractivity contribution >= 4 is 5.91 Å². The van der Waals surface area contributed by atoms with Crippen LogP contribution in [0.1, 0.15) is 21.8 Å². The summed E-state index contributed by atoms with van der Waals surface area (Å²) in [6, 6.07) is 17.2. The van der Waals surface area contributed by atoms with Crippen LogP contribution in [-0.4, -0.2) is 28.8 Å². The normalized spacial score (nSPS) is 15.6. The Hall–Kier alpha value is -3.08. The summed E-state index contributed by atoms with van der Waals surface area (Å²) < 4.78 is 7.39. The van der Waals surface area contributed by atoms with Gasteiger partial charge >= 0.3 is 0 Å². The monoisotopic (exact) mass is 319 g/mol. The van der Waals surface area contributed by atoms with Crippen LogP contribution in [0, 0.1) is 0 Å². The summed E-state index contributed by atoms with van der Waals surface area (Å²) in [6.45, 7) is 1.16. The number of nitrogens with zero attached hydrogens (tertiary/aromatic N) is 2.